The molecule has 1 heterocycles. The van der Waals surface area contributed by atoms with Crippen molar-refractivity contribution in [1.29, 1.82) is 0 Å². The predicted octanol–water partition coefficient (Wildman–Crippen LogP) is 2.12. The highest BCUT2D eigenvalue weighted by atomic mass is 32.2. The molecule has 0 aliphatic carbocycles. The van der Waals surface area contributed by atoms with Crippen LogP contribution in [-0.4, -0.2) is 47.5 Å². The molecule has 0 aromatic heterocycles. The van der Waals surface area contributed by atoms with Crippen LogP contribution in [0.15, 0.2) is 24.3 Å². The molecule has 5 nitrogen and oxygen atoms in total. The van der Waals surface area contributed by atoms with Gasteiger partial charge in [-0.1, -0.05) is 13.0 Å². The molecule has 1 N–H and O–H groups in total. The van der Waals surface area contributed by atoms with Gasteiger partial charge in [0.15, 0.2) is 0 Å². The van der Waals surface area contributed by atoms with Crippen LogP contribution in [0.25, 0.3) is 0 Å². The summed E-state index contributed by atoms with van der Waals surface area (Å²) < 4.78 is 5.15. The molecule has 2 atom stereocenters. The van der Waals surface area contributed by atoms with Crippen LogP contribution < -0.4 is 10.1 Å². The molecule has 0 bridgehead atoms. The maximum absolute atomic E-state index is 12.7. The van der Waals surface area contributed by atoms with Crippen LogP contribution in [0.4, 0.5) is 0 Å². The zero-order valence-electron chi connectivity index (χ0n) is 13.2. The SMILES string of the molecule is CC[C@H](C)NC(=O)[C@@H]1CSCN1C(=O)c1cccc(OC)c1. The topological polar surface area (TPSA) is 58.6 Å². The van der Waals surface area contributed by atoms with Crippen molar-refractivity contribution in [1.82, 2.24) is 10.2 Å². The maximum Gasteiger partial charge on any atom is 0.255 e. The molecule has 0 radical (unpaired) electrons. The van der Waals surface area contributed by atoms with Crippen molar-refractivity contribution in [2.75, 3.05) is 18.7 Å². The van der Waals surface area contributed by atoms with Gasteiger partial charge in [-0.3, -0.25) is 9.59 Å². The highest BCUT2D eigenvalue weighted by Crippen LogP contribution is 2.24. The number of carbonyl (C=O) groups excluding carboxylic acids is 2. The van der Waals surface area contributed by atoms with E-state index in [1.54, 1.807) is 48.0 Å². The average Bonchev–Trinajstić information content (AvgIpc) is 3.03. The average molecular weight is 322 g/mol. The van der Waals surface area contributed by atoms with E-state index < -0.39 is 6.04 Å². The van der Waals surface area contributed by atoms with Gasteiger partial charge in [-0.05, 0) is 31.5 Å². The van der Waals surface area contributed by atoms with Gasteiger partial charge in [0.1, 0.15) is 11.8 Å². The Hall–Kier alpha value is -1.69. The molecule has 6 heteroatoms. The minimum atomic E-state index is -0.405. The Morgan fingerprint density at radius 3 is 2.95 bits per heavy atom. The number of amides is 2. The summed E-state index contributed by atoms with van der Waals surface area (Å²) in [6.45, 7) is 3.99. The van der Waals surface area contributed by atoms with E-state index in [0.717, 1.165) is 6.42 Å². The monoisotopic (exact) mass is 322 g/mol. The van der Waals surface area contributed by atoms with Crippen molar-refractivity contribution in [3.05, 3.63) is 29.8 Å². The molecule has 22 heavy (non-hydrogen) atoms. The molecular weight excluding hydrogens is 300 g/mol. The number of nitrogens with one attached hydrogen (secondary N) is 1. The van der Waals surface area contributed by atoms with E-state index in [-0.39, 0.29) is 17.9 Å². The van der Waals surface area contributed by atoms with Crippen LogP contribution in [-0.2, 0) is 4.79 Å². The molecule has 1 aliphatic rings. The molecule has 1 fully saturated rings. The highest BCUT2D eigenvalue weighted by molar-refractivity contribution is 7.99. The first-order valence-corrected chi connectivity index (χ1v) is 8.55. The first-order chi connectivity index (χ1) is 10.6. The zero-order chi connectivity index (χ0) is 16.1. The van der Waals surface area contributed by atoms with Crippen molar-refractivity contribution < 1.29 is 14.3 Å². The molecule has 1 aromatic carbocycles. The Kier molecular flexibility index (Phi) is 5.71. The minimum Gasteiger partial charge on any atom is -0.497 e. The fourth-order valence-electron chi connectivity index (χ4n) is 2.22. The van der Waals surface area contributed by atoms with Crippen molar-refractivity contribution in [2.24, 2.45) is 0 Å². The Bertz CT molecular complexity index is 550. The first kappa shape index (κ1) is 16.7. The van der Waals surface area contributed by atoms with Crippen LogP contribution in [0.2, 0.25) is 0 Å². The Morgan fingerprint density at radius 1 is 1.50 bits per heavy atom. The molecule has 0 saturated carbocycles. The van der Waals surface area contributed by atoms with E-state index in [4.69, 9.17) is 4.74 Å². The molecule has 1 aromatic rings. The van der Waals surface area contributed by atoms with Crippen molar-refractivity contribution in [3.8, 4) is 5.75 Å². The van der Waals surface area contributed by atoms with Gasteiger partial charge in [-0.25, -0.2) is 0 Å². The quantitative estimate of drug-likeness (QED) is 0.902. The summed E-state index contributed by atoms with van der Waals surface area (Å²) in [5, 5.41) is 2.96. The summed E-state index contributed by atoms with van der Waals surface area (Å²) in [5.41, 5.74) is 0.545. The van der Waals surface area contributed by atoms with E-state index >= 15 is 0 Å². The third-order valence-electron chi connectivity index (χ3n) is 3.76. The standard InChI is InChI=1S/C16H22N2O3S/c1-4-11(2)17-15(19)14-9-22-10-18(14)16(20)12-6-5-7-13(8-12)21-3/h5-8,11,14H,4,9-10H2,1-3H3,(H,17,19)/t11-,14-/m0/s1. The lowest BCUT2D eigenvalue weighted by atomic mass is 10.1. The Morgan fingerprint density at radius 2 is 2.27 bits per heavy atom. The van der Waals surface area contributed by atoms with Gasteiger partial charge in [-0.15, -0.1) is 11.8 Å². The number of ether oxygens (including phenoxy) is 1. The van der Waals surface area contributed by atoms with Gasteiger partial charge in [-0.2, -0.15) is 0 Å². The number of hydrogen-bond donors (Lipinski definition) is 1. The second kappa shape index (κ2) is 7.54. The van der Waals surface area contributed by atoms with E-state index in [1.807, 2.05) is 13.8 Å². The lowest BCUT2D eigenvalue weighted by molar-refractivity contribution is -0.125. The van der Waals surface area contributed by atoms with Gasteiger partial charge in [0.25, 0.3) is 5.91 Å². The number of rotatable bonds is 5. The molecule has 0 spiro atoms. The molecule has 120 valence electrons. The highest BCUT2D eigenvalue weighted by Gasteiger charge is 2.35. The van der Waals surface area contributed by atoms with Crippen LogP contribution in [0, 0.1) is 0 Å². The van der Waals surface area contributed by atoms with Gasteiger partial charge < -0.3 is 15.0 Å². The fraction of sp³-hybridized carbons (Fsp3) is 0.500. The number of methoxy groups -OCH3 is 1. The summed E-state index contributed by atoms with van der Waals surface area (Å²) >= 11 is 1.60. The van der Waals surface area contributed by atoms with Crippen molar-refractivity contribution in [2.45, 2.75) is 32.4 Å². The zero-order valence-corrected chi connectivity index (χ0v) is 14.0. The first-order valence-electron chi connectivity index (χ1n) is 7.40. The van der Waals surface area contributed by atoms with E-state index in [2.05, 4.69) is 5.32 Å². The molecule has 1 aliphatic heterocycles. The minimum absolute atomic E-state index is 0.0735. The normalized spacial score (nSPS) is 18.9. The van der Waals surface area contributed by atoms with Crippen LogP contribution in [0.3, 0.4) is 0 Å². The molecule has 2 amide bonds. The molecule has 1 saturated heterocycles. The maximum atomic E-state index is 12.7. The lowest BCUT2D eigenvalue weighted by Gasteiger charge is -2.24. The number of hydrogen-bond acceptors (Lipinski definition) is 4. The fourth-order valence-corrected chi connectivity index (χ4v) is 3.38. The van der Waals surface area contributed by atoms with Crippen molar-refractivity contribution >= 4 is 23.6 Å². The Labute approximate surface area is 135 Å². The summed E-state index contributed by atoms with van der Waals surface area (Å²) in [5.74, 6) is 1.61. The molecule has 2 rings (SSSR count). The summed E-state index contributed by atoms with van der Waals surface area (Å²) in [4.78, 5) is 26.6. The van der Waals surface area contributed by atoms with E-state index in [0.29, 0.717) is 22.9 Å². The second-order valence-corrected chi connectivity index (χ2v) is 6.34. The second-order valence-electron chi connectivity index (χ2n) is 5.34. The number of carbonyl (C=O) groups is 2. The summed E-state index contributed by atoms with van der Waals surface area (Å²) in [6.07, 6.45) is 0.870. The predicted molar refractivity (Wildman–Crippen MR) is 88.2 cm³/mol. The van der Waals surface area contributed by atoms with Crippen LogP contribution in [0.5, 0.6) is 5.75 Å². The number of nitrogens with zero attached hydrogens (tertiary/aromatic N) is 1. The largest absolute Gasteiger partial charge is 0.497 e. The summed E-state index contributed by atoms with van der Waals surface area (Å²) in [7, 11) is 1.57. The summed E-state index contributed by atoms with van der Waals surface area (Å²) in [6, 6.07) is 6.74. The molecule has 0 unspecified atom stereocenters. The van der Waals surface area contributed by atoms with Gasteiger partial charge in [0.2, 0.25) is 5.91 Å². The van der Waals surface area contributed by atoms with Gasteiger partial charge in [0.05, 0.1) is 13.0 Å². The van der Waals surface area contributed by atoms with Crippen LogP contribution in [0.1, 0.15) is 30.6 Å². The molecular formula is C16H22N2O3S. The van der Waals surface area contributed by atoms with E-state index in [9.17, 15) is 9.59 Å². The third kappa shape index (κ3) is 3.74. The van der Waals surface area contributed by atoms with E-state index in [1.165, 1.54) is 0 Å². The van der Waals surface area contributed by atoms with Gasteiger partial charge in [0, 0.05) is 17.4 Å². The smallest absolute Gasteiger partial charge is 0.255 e. The Balaban J connectivity index is 2.12. The number of thioether (sulfide) groups is 1. The number of benzene rings is 1. The lowest BCUT2D eigenvalue weighted by Crippen LogP contribution is -2.49. The van der Waals surface area contributed by atoms with Gasteiger partial charge >= 0.3 is 0 Å². The van der Waals surface area contributed by atoms with Crippen LogP contribution >= 0.6 is 11.8 Å². The third-order valence-corrected chi connectivity index (χ3v) is 4.78. The van der Waals surface area contributed by atoms with Crippen molar-refractivity contribution in [3.63, 3.8) is 0 Å².